The van der Waals surface area contributed by atoms with Gasteiger partial charge >= 0.3 is 6.18 Å². The topological polar surface area (TPSA) is 130 Å². The Morgan fingerprint density at radius 1 is 1.10 bits per heavy atom. The second-order valence-electron chi connectivity index (χ2n) is 10.2. The van der Waals surface area contributed by atoms with E-state index in [9.17, 15) is 31.2 Å². The molecule has 0 bridgehead atoms. The molecule has 40 heavy (non-hydrogen) atoms. The lowest BCUT2D eigenvalue weighted by molar-refractivity contribution is -0.137. The van der Waals surface area contributed by atoms with Crippen molar-refractivity contribution in [2.75, 3.05) is 24.3 Å². The quantitative estimate of drug-likeness (QED) is 0.241. The zero-order valence-corrected chi connectivity index (χ0v) is 24.2. The van der Waals surface area contributed by atoms with Crippen LogP contribution in [0.5, 0.6) is 0 Å². The summed E-state index contributed by atoms with van der Waals surface area (Å²) >= 11 is 1.51. The molecule has 0 unspecified atom stereocenters. The third-order valence-electron chi connectivity index (χ3n) is 6.78. The SMILES string of the molecule is CSc1ccc(S(=O)(=O)C[C@@H]2C[C@H](NC(C)C)CC[C@@H]2NC(=O)CNC(=O)c2cc(C(F)(F)F)ccc2N)cc1. The average Bonchev–Trinajstić information content (AvgIpc) is 2.88. The van der Waals surface area contributed by atoms with Gasteiger partial charge < -0.3 is 21.7 Å². The van der Waals surface area contributed by atoms with Gasteiger partial charge in [0.05, 0.1) is 28.3 Å². The maximum Gasteiger partial charge on any atom is 0.416 e. The van der Waals surface area contributed by atoms with Crippen LogP contribution in [0.1, 0.15) is 49.0 Å². The van der Waals surface area contributed by atoms with Gasteiger partial charge in [0.15, 0.2) is 9.84 Å². The van der Waals surface area contributed by atoms with E-state index in [1.165, 1.54) is 11.8 Å². The smallest absolute Gasteiger partial charge is 0.398 e. The molecule has 0 heterocycles. The first-order valence-electron chi connectivity index (χ1n) is 12.9. The van der Waals surface area contributed by atoms with E-state index in [0.29, 0.717) is 18.9 Å². The Morgan fingerprint density at radius 2 is 1.77 bits per heavy atom. The van der Waals surface area contributed by atoms with Crippen molar-refractivity contribution in [1.82, 2.24) is 16.0 Å². The maximum absolute atomic E-state index is 13.3. The number of thioether (sulfide) groups is 1. The number of benzene rings is 2. The standard InChI is InChI=1S/C27H35F3N4O4S2/c1-16(2)33-19-5-11-24(17(12-19)15-40(37,38)21-8-6-20(39-3)7-9-21)34-25(35)14-32-26(36)22-13-18(27(28,29)30)4-10-23(22)31/h4,6-10,13,16-17,19,24,33H,5,11-12,14-15,31H2,1-3H3,(H,32,36)(H,34,35)/t17-,19+,24-/m0/s1. The molecule has 8 nitrogen and oxygen atoms in total. The molecule has 2 amide bonds. The molecule has 13 heteroatoms. The minimum atomic E-state index is -4.66. The van der Waals surface area contributed by atoms with Gasteiger partial charge in [-0.3, -0.25) is 9.59 Å². The van der Waals surface area contributed by atoms with E-state index in [0.717, 1.165) is 23.4 Å². The van der Waals surface area contributed by atoms with Gasteiger partial charge in [-0.15, -0.1) is 11.8 Å². The largest absolute Gasteiger partial charge is 0.416 e. The van der Waals surface area contributed by atoms with Crippen molar-refractivity contribution in [3.63, 3.8) is 0 Å². The molecule has 1 aliphatic carbocycles. The van der Waals surface area contributed by atoms with Crippen molar-refractivity contribution in [2.45, 2.75) is 67.2 Å². The minimum Gasteiger partial charge on any atom is -0.398 e. The Balaban J connectivity index is 1.69. The van der Waals surface area contributed by atoms with Crippen LogP contribution >= 0.6 is 11.8 Å². The summed E-state index contributed by atoms with van der Waals surface area (Å²) in [5.41, 5.74) is 4.11. The van der Waals surface area contributed by atoms with Crippen molar-refractivity contribution < 1.29 is 31.2 Å². The molecule has 0 spiro atoms. The lowest BCUT2D eigenvalue weighted by Crippen LogP contribution is -2.52. The third kappa shape index (κ3) is 8.61. The molecular formula is C27H35F3N4O4S2. The van der Waals surface area contributed by atoms with Gasteiger partial charge in [-0.05, 0) is 73.9 Å². The van der Waals surface area contributed by atoms with E-state index in [-0.39, 0.29) is 34.0 Å². The van der Waals surface area contributed by atoms with E-state index < -0.39 is 51.9 Å². The number of alkyl halides is 3. The number of rotatable bonds is 10. The lowest BCUT2D eigenvalue weighted by Gasteiger charge is -2.37. The number of nitrogens with one attached hydrogen (secondary N) is 3. The Hall–Kier alpha value is -2.77. The molecular weight excluding hydrogens is 565 g/mol. The number of anilines is 1. The summed E-state index contributed by atoms with van der Waals surface area (Å²) in [6.45, 7) is 3.51. The number of nitrogen functional groups attached to an aromatic ring is 1. The summed E-state index contributed by atoms with van der Waals surface area (Å²) in [5.74, 6) is -2.06. The number of nitrogens with two attached hydrogens (primary N) is 1. The summed E-state index contributed by atoms with van der Waals surface area (Å²) in [6.07, 6.45) is -0.989. The third-order valence-corrected chi connectivity index (χ3v) is 9.39. The summed E-state index contributed by atoms with van der Waals surface area (Å²) in [6, 6.07) is 8.87. The van der Waals surface area contributed by atoms with Crippen molar-refractivity contribution >= 4 is 39.1 Å². The highest BCUT2D eigenvalue weighted by molar-refractivity contribution is 7.98. The fraction of sp³-hybridized carbons (Fsp3) is 0.481. The molecule has 3 rings (SSSR count). The number of carbonyl (C=O) groups is 2. The van der Waals surface area contributed by atoms with E-state index in [2.05, 4.69) is 16.0 Å². The summed E-state index contributed by atoms with van der Waals surface area (Å²) in [5, 5.41) is 8.59. The van der Waals surface area contributed by atoms with Crippen LogP contribution in [0, 0.1) is 5.92 Å². The van der Waals surface area contributed by atoms with Crippen LogP contribution < -0.4 is 21.7 Å². The van der Waals surface area contributed by atoms with Crippen molar-refractivity contribution in [3.8, 4) is 0 Å². The van der Waals surface area contributed by atoms with E-state index in [1.807, 2.05) is 20.1 Å². The van der Waals surface area contributed by atoms with Crippen LogP contribution in [0.4, 0.5) is 18.9 Å². The first-order chi connectivity index (χ1) is 18.7. The number of halogens is 3. The van der Waals surface area contributed by atoms with Crippen molar-refractivity contribution in [1.29, 1.82) is 0 Å². The summed E-state index contributed by atoms with van der Waals surface area (Å²) < 4.78 is 65.7. The molecule has 0 radical (unpaired) electrons. The Morgan fingerprint density at radius 3 is 2.38 bits per heavy atom. The molecule has 1 fully saturated rings. The molecule has 3 atom stereocenters. The fourth-order valence-electron chi connectivity index (χ4n) is 4.86. The van der Waals surface area contributed by atoms with Crippen LogP contribution in [-0.4, -0.2) is 56.9 Å². The molecule has 1 aliphatic rings. The Kier molecular flexibility index (Phi) is 10.5. The highest BCUT2D eigenvalue weighted by Crippen LogP contribution is 2.31. The monoisotopic (exact) mass is 600 g/mol. The number of carbonyl (C=O) groups excluding carboxylic acids is 2. The van der Waals surface area contributed by atoms with E-state index in [4.69, 9.17) is 5.73 Å². The summed E-state index contributed by atoms with van der Waals surface area (Å²) in [7, 11) is -3.65. The van der Waals surface area contributed by atoms with Crippen LogP contribution in [0.15, 0.2) is 52.3 Å². The van der Waals surface area contributed by atoms with Crippen LogP contribution in [0.25, 0.3) is 0 Å². The average molecular weight is 601 g/mol. The van der Waals surface area contributed by atoms with Crippen LogP contribution in [0.3, 0.4) is 0 Å². The summed E-state index contributed by atoms with van der Waals surface area (Å²) in [4.78, 5) is 26.4. The second kappa shape index (κ2) is 13.3. The molecule has 2 aromatic rings. The van der Waals surface area contributed by atoms with Gasteiger partial charge in [-0.2, -0.15) is 13.2 Å². The first kappa shape index (κ1) is 31.8. The number of amides is 2. The number of hydrogen-bond acceptors (Lipinski definition) is 7. The number of sulfone groups is 1. The fourth-order valence-corrected chi connectivity index (χ4v) is 6.95. The Labute approximate surface area is 237 Å². The highest BCUT2D eigenvalue weighted by Gasteiger charge is 2.35. The van der Waals surface area contributed by atoms with Gasteiger partial charge in [0.2, 0.25) is 5.91 Å². The van der Waals surface area contributed by atoms with Crippen LogP contribution in [0.2, 0.25) is 0 Å². The molecule has 2 aromatic carbocycles. The normalized spacial score (nSPS) is 19.8. The minimum absolute atomic E-state index is 0.0795. The zero-order valence-electron chi connectivity index (χ0n) is 22.5. The predicted molar refractivity (Wildman–Crippen MR) is 150 cm³/mol. The predicted octanol–water partition coefficient (Wildman–Crippen LogP) is 3.86. The Bertz CT molecular complexity index is 1300. The molecule has 0 aliphatic heterocycles. The highest BCUT2D eigenvalue weighted by atomic mass is 32.2. The lowest BCUT2D eigenvalue weighted by atomic mass is 9.82. The van der Waals surface area contributed by atoms with Gasteiger partial charge in [-0.1, -0.05) is 13.8 Å². The van der Waals surface area contributed by atoms with E-state index in [1.54, 1.807) is 24.3 Å². The molecule has 5 N–H and O–H groups in total. The van der Waals surface area contributed by atoms with Crippen LogP contribution in [-0.2, 0) is 20.8 Å². The van der Waals surface area contributed by atoms with Gasteiger partial charge in [0, 0.05) is 28.7 Å². The van der Waals surface area contributed by atoms with Gasteiger partial charge in [-0.25, -0.2) is 8.42 Å². The molecule has 0 saturated heterocycles. The zero-order chi connectivity index (χ0) is 29.7. The van der Waals surface area contributed by atoms with Crippen molar-refractivity contribution in [2.24, 2.45) is 5.92 Å². The first-order valence-corrected chi connectivity index (χ1v) is 15.7. The van der Waals surface area contributed by atoms with Gasteiger partial charge in [0.1, 0.15) is 0 Å². The molecule has 220 valence electrons. The van der Waals surface area contributed by atoms with Crippen molar-refractivity contribution in [3.05, 3.63) is 53.6 Å². The second-order valence-corrected chi connectivity index (χ2v) is 13.1. The number of hydrogen-bond donors (Lipinski definition) is 4. The van der Waals surface area contributed by atoms with E-state index >= 15 is 0 Å². The molecule has 1 saturated carbocycles. The maximum atomic E-state index is 13.3. The molecule has 0 aromatic heterocycles. The van der Waals surface area contributed by atoms with Gasteiger partial charge in [0.25, 0.3) is 5.91 Å².